The average molecular weight is 408 g/mol. The molecular formula is C26H51N2O+. The van der Waals surface area contributed by atoms with Crippen molar-refractivity contribution >= 4 is 5.91 Å². The van der Waals surface area contributed by atoms with Gasteiger partial charge in [-0.3, -0.25) is 4.79 Å². The van der Waals surface area contributed by atoms with Crippen LogP contribution in [0.25, 0.3) is 0 Å². The lowest BCUT2D eigenvalue weighted by atomic mass is 10.1. The first-order valence-corrected chi connectivity index (χ1v) is 12.9. The third-order valence-electron chi connectivity index (χ3n) is 6.54. The van der Waals surface area contributed by atoms with Crippen molar-refractivity contribution in [3.05, 3.63) is 12.2 Å². The molecule has 1 rings (SSSR count). The summed E-state index contributed by atoms with van der Waals surface area (Å²) in [5.41, 5.74) is 0. The molecule has 170 valence electrons. The number of piperidine rings is 1. The summed E-state index contributed by atoms with van der Waals surface area (Å²) in [6, 6.07) is 0. The Kier molecular flexibility index (Phi) is 16.2. The number of carbonyl (C=O) groups is 1. The number of likely N-dealkylation sites (N-methyl/N-ethyl adjacent to an activating group) is 1. The summed E-state index contributed by atoms with van der Waals surface area (Å²) in [5.74, 6) is 0.256. The van der Waals surface area contributed by atoms with E-state index in [1.165, 1.54) is 109 Å². The monoisotopic (exact) mass is 407 g/mol. The van der Waals surface area contributed by atoms with Gasteiger partial charge in [-0.25, -0.2) is 0 Å². The highest BCUT2D eigenvalue weighted by Crippen LogP contribution is 2.15. The van der Waals surface area contributed by atoms with E-state index in [0.717, 1.165) is 24.0 Å². The number of quaternary nitrogens is 1. The van der Waals surface area contributed by atoms with Gasteiger partial charge in [-0.15, -0.1) is 0 Å². The Morgan fingerprint density at radius 3 is 1.97 bits per heavy atom. The molecule has 1 N–H and O–H groups in total. The maximum atomic E-state index is 12.0. The van der Waals surface area contributed by atoms with Crippen molar-refractivity contribution < 1.29 is 9.28 Å². The van der Waals surface area contributed by atoms with Gasteiger partial charge in [-0.1, -0.05) is 70.4 Å². The zero-order chi connectivity index (χ0) is 21.0. The molecule has 0 aliphatic carbocycles. The second-order valence-electron chi connectivity index (χ2n) is 9.54. The van der Waals surface area contributed by atoms with Gasteiger partial charge in [0.15, 0.2) is 0 Å². The molecule has 1 saturated heterocycles. The van der Waals surface area contributed by atoms with E-state index in [1.54, 1.807) is 0 Å². The first kappa shape index (κ1) is 26.2. The zero-order valence-corrected chi connectivity index (χ0v) is 19.9. The second kappa shape index (κ2) is 18.0. The molecular weight excluding hydrogens is 356 g/mol. The smallest absolute Gasteiger partial charge is 0.220 e. The molecule has 1 fully saturated rings. The summed E-state index contributed by atoms with van der Waals surface area (Å²) in [6.07, 6.45) is 26.5. The molecule has 0 atom stereocenters. The number of carbonyl (C=O) groups excluding carboxylic acids is 1. The van der Waals surface area contributed by atoms with Crippen molar-refractivity contribution in [2.45, 2.75) is 116 Å². The molecule has 0 unspecified atom stereocenters. The first-order chi connectivity index (χ1) is 14.2. The van der Waals surface area contributed by atoms with Crippen LogP contribution in [0.15, 0.2) is 12.2 Å². The van der Waals surface area contributed by atoms with Gasteiger partial charge in [0.05, 0.1) is 33.2 Å². The number of hydrogen-bond acceptors (Lipinski definition) is 1. The zero-order valence-electron chi connectivity index (χ0n) is 19.9. The summed E-state index contributed by atoms with van der Waals surface area (Å²) in [4.78, 5) is 12.0. The molecule has 0 radical (unpaired) electrons. The molecule has 1 aliphatic heterocycles. The van der Waals surface area contributed by atoms with Gasteiger partial charge in [0, 0.05) is 6.42 Å². The Balaban J connectivity index is 1.82. The number of amides is 1. The SMILES string of the molecule is CCCCCCCC/C=C/CCCCCCCC(=O)NCC[N+]1(C)CCCCC1. The molecule has 0 spiro atoms. The number of nitrogens with one attached hydrogen (secondary N) is 1. The average Bonchev–Trinajstić information content (AvgIpc) is 2.71. The predicted molar refractivity (Wildman–Crippen MR) is 127 cm³/mol. The Morgan fingerprint density at radius 1 is 0.793 bits per heavy atom. The van der Waals surface area contributed by atoms with E-state index < -0.39 is 0 Å². The van der Waals surface area contributed by atoms with Crippen LogP contribution in [0.3, 0.4) is 0 Å². The van der Waals surface area contributed by atoms with Crippen LogP contribution >= 0.6 is 0 Å². The summed E-state index contributed by atoms with van der Waals surface area (Å²) >= 11 is 0. The van der Waals surface area contributed by atoms with Crippen LogP contribution in [-0.4, -0.2) is 43.6 Å². The Morgan fingerprint density at radius 2 is 1.34 bits per heavy atom. The molecule has 29 heavy (non-hydrogen) atoms. The number of unbranched alkanes of at least 4 members (excludes halogenated alkanes) is 11. The fourth-order valence-electron chi connectivity index (χ4n) is 4.41. The maximum Gasteiger partial charge on any atom is 0.220 e. The number of rotatable bonds is 18. The lowest BCUT2D eigenvalue weighted by Crippen LogP contribution is -2.51. The van der Waals surface area contributed by atoms with Crippen LogP contribution < -0.4 is 5.32 Å². The lowest BCUT2D eigenvalue weighted by molar-refractivity contribution is -0.912. The van der Waals surface area contributed by atoms with Crippen molar-refractivity contribution in [2.75, 3.05) is 33.2 Å². The minimum atomic E-state index is 0.256. The molecule has 0 saturated carbocycles. The van der Waals surface area contributed by atoms with Crippen molar-refractivity contribution in [1.29, 1.82) is 0 Å². The predicted octanol–water partition coefficient (Wildman–Crippen LogP) is 6.77. The standard InChI is InChI=1S/C26H50N2O/c1-3-4-5-6-7-8-9-10-11-12-13-14-15-16-18-21-26(29)27-22-25-28(2)23-19-17-20-24-28/h10-11H,3-9,12-25H2,1-2H3/p+1/b11-10+. The van der Waals surface area contributed by atoms with Crippen molar-refractivity contribution in [3.63, 3.8) is 0 Å². The van der Waals surface area contributed by atoms with Crippen molar-refractivity contribution in [2.24, 2.45) is 0 Å². The Labute approximate surface area is 182 Å². The largest absolute Gasteiger partial charge is 0.350 e. The first-order valence-electron chi connectivity index (χ1n) is 12.9. The van der Waals surface area contributed by atoms with Gasteiger partial charge < -0.3 is 9.80 Å². The van der Waals surface area contributed by atoms with Crippen LogP contribution in [0.5, 0.6) is 0 Å². The molecule has 0 aromatic carbocycles. The summed E-state index contributed by atoms with van der Waals surface area (Å²) in [5, 5.41) is 3.14. The van der Waals surface area contributed by atoms with E-state index in [9.17, 15) is 4.79 Å². The van der Waals surface area contributed by atoms with Crippen molar-refractivity contribution in [3.8, 4) is 0 Å². The number of likely N-dealkylation sites (tertiary alicyclic amines) is 1. The fraction of sp³-hybridized carbons (Fsp3) is 0.885. The molecule has 1 heterocycles. The van der Waals surface area contributed by atoms with Crippen molar-refractivity contribution in [1.82, 2.24) is 5.32 Å². The fourth-order valence-corrected chi connectivity index (χ4v) is 4.41. The van der Waals surface area contributed by atoms with E-state index >= 15 is 0 Å². The highest BCUT2D eigenvalue weighted by Gasteiger charge is 2.23. The lowest BCUT2D eigenvalue weighted by Gasteiger charge is -2.37. The highest BCUT2D eigenvalue weighted by molar-refractivity contribution is 5.75. The van der Waals surface area contributed by atoms with Gasteiger partial charge in [-0.2, -0.15) is 0 Å². The number of nitrogens with zero attached hydrogens (tertiary/aromatic N) is 1. The van der Waals surface area contributed by atoms with Gasteiger partial charge in [0.25, 0.3) is 0 Å². The van der Waals surface area contributed by atoms with E-state index in [4.69, 9.17) is 0 Å². The van der Waals surface area contributed by atoms with E-state index in [1.807, 2.05) is 0 Å². The Hall–Kier alpha value is -0.830. The quantitative estimate of drug-likeness (QED) is 0.152. The molecule has 0 aromatic heterocycles. The normalized spacial score (nSPS) is 16.3. The summed E-state index contributed by atoms with van der Waals surface area (Å²) in [7, 11) is 2.34. The topological polar surface area (TPSA) is 29.1 Å². The molecule has 3 nitrogen and oxygen atoms in total. The summed E-state index contributed by atoms with van der Waals surface area (Å²) in [6.45, 7) is 6.78. The van der Waals surface area contributed by atoms with Crippen LogP contribution in [0.2, 0.25) is 0 Å². The third-order valence-corrected chi connectivity index (χ3v) is 6.54. The van der Waals surface area contributed by atoms with E-state index in [2.05, 4.69) is 31.4 Å². The molecule has 3 heteroatoms. The number of allylic oxidation sites excluding steroid dienone is 2. The van der Waals surface area contributed by atoms with Gasteiger partial charge >= 0.3 is 0 Å². The van der Waals surface area contributed by atoms with E-state index in [0.29, 0.717) is 6.42 Å². The minimum absolute atomic E-state index is 0.256. The van der Waals surface area contributed by atoms with Gasteiger partial charge in [0.2, 0.25) is 5.91 Å². The van der Waals surface area contributed by atoms with Gasteiger partial charge in [0.1, 0.15) is 0 Å². The molecule has 1 aliphatic rings. The molecule has 1 amide bonds. The summed E-state index contributed by atoms with van der Waals surface area (Å²) < 4.78 is 1.15. The second-order valence-corrected chi connectivity index (χ2v) is 9.54. The minimum Gasteiger partial charge on any atom is -0.350 e. The van der Waals surface area contributed by atoms with Crippen LogP contribution in [0, 0.1) is 0 Å². The van der Waals surface area contributed by atoms with Crippen LogP contribution in [-0.2, 0) is 4.79 Å². The highest BCUT2D eigenvalue weighted by atomic mass is 16.1. The van der Waals surface area contributed by atoms with Gasteiger partial charge in [-0.05, 0) is 51.4 Å². The maximum absolute atomic E-state index is 12.0. The Bertz CT molecular complexity index is 413. The number of hydrogen-bond donors (Lipinski definition) is 1. The van der Waals surface area contributed by atoms with E-state index in [-0.39, 0.29) is 5.91 Å². The third kappa shape index (κ3) is 15.6. The molecule has 0 bridgehead atoms. The van der Waals surface area contributed by atoms with Crippen LogP contribution in [0.4, 0.5) is 0 Å². The molecule has 0 aromatic rings. The van der Waals surface area contributed by atoms with Crippen LogP contribution in [0.1, 0.15) is 116 Å².